The van der Waals surface area contributed by atoms with Crippen LogP contribution in [0.25, 0.3) is 0 Å². The Labute approximate surface area is 228 Å². The minimum atomic E-state index is -0.598. The third-order valence-electron chi connectivity index (χ3n) is 6.63. The molecule has 2 heterocycles. The second-order valence-electron chi connectivity index (χ2n) is 10.9. The lowest BCUT2D eigenvalue weighted by Gasteiger charge is -2.26. The Morgan fingerprint density at radius 1 is 1.17 bits per heavy atom. The SMILES string of the molecule is Br.CCOc1cc2c(c(F)c1OCC)C(=N)N(CC(=O)c1cc(C(C)(C)C)c3c(c1)C(C)(C)CS3)C2. The Balaban J connectivity index is 0.00000361. The summed E-state index contributed by atoms with van der Waals surface area (Å²) in [5.41, 5.74) is 3.76. The smallest absolute Gasteiger partial charge is 0.197 e. The third-order valence-corrected chi connectivity index (χ3v) is 8.23. The molecule has 2 aromatic rings. The first kappa shape index (κ1) is 28.5. The summed E-state index contributed by atoms with van der Waals surface area (Å²) < 4.78 is 26.5. The number of hydrogen-bond donors (Lipinski definition) is 1. The highest BCUT2D eigenvalue weighted by atomic mass is 79.9. The van der Waals surface area contributed by atoms with E-state index >= 15 is 4.39 Å². The molecule has 1 N–H and O–H groups in total. The number of nitrogens with zero attached hydrogens (tertiary/aromatic N) is 1. The summed E-state index contributed by atoms with van der Waals surface area (Å²) in [5, 5.41) is 8.65. The molecule has 4 rings (SSSR count). The normalized spacial score (nSPS) is 15.9. The van der Waals surface area contributed by atoms with Crippen LogP contribution in [0.15, 0.2) is 23.1 Å². The molecule has 0 bridgehead atoms. The topological polar surface area (TPSA) is 62.6 Å². The Hall–Kier alpha value is -2.06. The number of rotatable bonds is 7. The molecule has 196 valence electrons. The van der Waals surface area contributed by atoms with Crippen LogP contribution in [-0.2, 0) is 17.4 Å². The molecule has 2 aliphatic heterocycles. The molecular formula is C28H36BrFN2O3S. The van der Waals surface area contributed by atoms with Crippen molar-refractivity contribution in [3.8, 4) is 11.5 Å². The van der Waals surface area contributed by atoms with Crippen LogP contribution in [0, 0.1) is 11.2 Å². The van der Waals surface area contributed by atoms with Crippen molar-refractivity contribution < 1.29 is 18.7 Å². The van der Waals surface area contributed by atoms with Crippen LogP contribution in [0.5, 0.6) is 11.5 Å². The summed E-state index contributed by atoms with van der Waals surface area (Å²) in [6, 6.07) is 5.78. The van der Waals surface area contributed by atoms with Crippen molar-refractivity contribution in [1.29, 1.82) is 5.41 Å². The van der Waals surface area contributed by atoms with E-state index in [4.69, 9.17) is 14.9 Å². The Bertz CT molecular complexity index is 1210. The zero-order valence-electron chi connectivity index (χ0n) is 22.1. The fourth-order valence-corrected chi connectivity index (χ4v) is 6.43. The number of carbonyl (C=O) groups excluding carboxylic acids is 1. The zero-order chi connectivity index (χ0) is 25.7. The first-order valence-electron chi connectivity index (χ1n) is 12.2. The molecule has 0 unspecified atom stereocenters. The number of amidine groups is 1. The van der Waals surface area contributed by atoms with Crippen molar-refractivity contribution in [3.05, 3.63) is 51.8 Å². The van der Waals surface area contributed by atoms with Crippen molar-refractivity contribution in [2.75, 3.05) is 25.5 Å². The van der Waals surface area contributed by atoms with Crippen LogP contribution in [0.1, 0.15) is 81.1 Å². The van der Waals surface area contributed by atoms with Gasteiger partial charge in [-0.25, -0.2) is 4.39 Å². The van der Waals surface area contributed by atoms with Crippen LogP contribution >= 0.6 is 28.7 Å². The van der Waals surface area contributed by atoms with Crippen LogP contribution in [0.4, 0.5) is 4.39 Å². The van der Waals surface area contributed by atoms with Crippen LogP contribution < -0.4 is 9.47 Å². The summed E-state index contributed by atoms with van der Waals surface area (Å²) in [6.45, 7) is 15.5. The quantitative estimate of drug-likeness (QED) is 0.362. The van der Waals surface area contributed by atoms with Gasteiger partial charge in [-0.3, -0.25) is 10.2 Å². The minimum Gasteiger partial charge on any atom is -0.490 e. The van der Waals surface area contributed by atoms with Crippen molar-refractivity contribution in [1.82, 2.24) is 4.90 Å². The summed E-state index contributed by atoms with van der Waals surface area (Å²) >= 11 is 1.86. The predicted octanol–water partition coefficient (Wildman–Crippen LogP) is 6.91. The van der Waals surface area contributed by atoms with Gasteiger partial charge in [0.15, 0.2) is 23.1 Å². The summed E-state index contributed by atoms with van der Waals surface area (Å²) in [7, 11) is 0. The molecule has 2 aromatic carbocycles. The lowest BCUT2D eigenvalue weighted by molar-refractivity contribution is 0.0962. The summed E-state index contributed by atoms with van der Waals surface area (Å²) in [6.07, 6.45) is 0. The van der Waals surface area contributed by atoms with Gasteiger partial charge in [-0.05, 0) is 54.2 Å². The van der Waals surface area contributed by atoms with E-state index < -0.39 is 5.82 Å². The minimum absolute atomic E-state index is 0. The number of halogens is 2. The number of fused-ring (bicyclic) bond motifs is 2. The van der Waals surface area contributed by atoms with E-state index in [2.05, 4.69) is 34.6 Å². The maximum absolute atomic E-state index is 15.4. The second-order valence-corrected chi connectivity index (χ2v) is 11.9. The monoisotopic (exact) mass is 578 g/mol. The highest BCUT2D eigenvalue weighted by Gasteiger charge is 2.37. The van der Waals surface area contributed by atoms with Gasteiger partial charge in [0.2, 0.25) is 0 Å². The molecule has 0 saturated carbocycles. The molecule has 0 fully saturated rings. The molecule has 36 heavy (non-hydrogen) atoms. The van der Waals surface area contributed by atoms with Gasteiger partial charge in [0.05, 0.1) is 25.3 Å². The number of ether oxygens (including phenoxy) is 2. The maximum atomic E-state index is 15.4. The van der Waals surface area contributed by atoms with Gasteiger partial charge in [0.25, 0.3) is 0 Å². The predicted molar refractivity (Wildman–Crippen MR) is 150 cm³/mol. The van der Waals surface area contributed by atoms with Crippen molar-refractivity contribution >= 4 is 40.4 Å². The Morgan fingerprint density at radius 2 is 1.83 bits per heavy atom. The molecule has 2 aliphatic rings. The van der Waals surface area contributed by atoms with E-state index in [9.17, 15) is 4.79 Å². The average molecular weight is 580 g/mol. The Morgan fingerprint density at radius 3 is 2.44 bits per heavy atom. The van der Waals surface area contributed by atoms with E-state index in [1.54, 1.807) is 17.9 Å². The molecule has 0 aliphatic carbocycles. The third kappa shape index (κ3) is 5.03. The van der Waals surface area contributed by atoms with Gasteiger partial charge in [0.1, 0.15) is 5.84 Å². The standard InChI is InChI=1S/C28H35FN2O3S.BrH/c1-8-33-21-12-17-13-31(26(30)22(17)23(29)24(21)34-9-2)14-20(32)16-10-18(27(3,4)5)25-19(11-16)28(6,7)15-35-25;/h10-12,30H,8-9,13-15H2,1-7H3;1H. The number of Topliss-reactive ketones (excluding diaryl/α,β-unsaturated/α-hetero) is 1. The molecule has 0 amide bonds. The van der Waals surface area contributed by atoms with E-state index in [0.29, 0.717) is 23.5 Å². The second kappa shape index (κ2) is 10.4. The molecule has 8 heteroatoms. The molecule has 5 nitrogen and oxygen atoms in total. The van der Waals surface area contributed by atoms with Gasteiger partial charge in [-0.1, -0.05) is 34.6 Å². The first-order valence-corrected chi connectivity index (χ1v) is 13.2. The van der Waals surface area contributed by atoms with Crippen LogP contribution in [0.2, 0.25) is 0 Å². The summed E-state index contributed by atoms with van der Waals surface area (Å²) in [5.74, 6) is 0.679. The Kier molecular flexibility index (Phi) is 8.21. The lowest BCUT2D eigenvalue weighted by Crippen LogP contribution is -2.31. The lowest BCUT2D eigenvalue weighted by atomic mass is 9.79. The van der Waals surface area contributed by atoms with E-state index in [1.807, 2.05) is 30.8 Å². The van der Waals surface area contributed by atoms with Gasteiger partial charge in [0, 0.05) is 28.2 Å². The van der Waals surface area contributed by atoms with E-state index in [1.165, 1.54) is 16.0 Å². The fourth-order valence-electron chi connectivity index (χ4n) is 4.76. The largest absolute Gasteiger partial charge is 0.490 e. The molecule has 0 spiro atoms. The van der Waals surface area contributed by atoms with Crippen LogP contribution in [0.3, 0.4) is 0 Å². The van der Waals surface area contributed by atoms with Gasteiger partial charge < -0.3 is 14.4 Å². The molecule has 0 aromatic heterocycles. The van der Waals surface area contributed by atoms with Gasteiger partial charge in [-0.2, -0.15) is 0 Å². The number of nitrogens with one attached hydrogen (secondary N) is 1. The van der Waals surface area contributed by atoms with Gasteiger partial charge in [-0.15, -0.1) is 28.7 Å². The number of carbonyl (C=O) groups is 1. The summed E-state index contributed by atoms with van der Waals surface area (Å²) in [4.78, 5) is 16.4. The van der Waals surface area contributed by atoms with Crippen molar-refractivity contribution in [3.63, 3.8) is 0 Å². The fraction of sp³-hybridized carbons (Fsp3) is 0.500. The molecule has 0 saturated heterocycles. The number of ketones is 1. The van der Waals surface area contributed by atoms with E-state index in [-0.39, 0.29) is 70.4 Å². The van der Waals surface area contributed by atoms with Gasteiger partial charge >= 0.3 is 0 Å². The number of hydrogen-bond acceptors (Lipinski definition) is 5. The molecule has 0 atom stereocenters. The van der Waals surface area contributed by atoms with Crippen molar-refractivity contribution in [2.45, 2.75) is 70.7 Å². The number of thioether (sulfide) groups is 1. The van der Waals surface area contributed by atoms with Crippen molar-refractivity contribution in [2.24, 2.45) is 0 Å². The molecular weight excluding hydrogens is 543 g/mol. The zero-order valence-corrected chi connectivity index (χ0v) is 24.7. The average Bonchev–Trinajstić information content (AvgIpc) is 3.25. The molecule has 0 radical (unpaired) electrons. The maximum Gasteiger partial charge on any atom is 0.197 e. The first-order chi connectivity index (χ1) is 16.4. The van der Waals surface area contributed by atoms with Crippen LogP contribution in [-0.4, -0.2) is 42.0 Å². The van der Waals surface area contributed by atoms with E-state index in [0.717, 1.165) is 5.75 Å². The number of benzene rings is 2. The highest BCUT2D eigenvalue weighted by molar-refractivity contribution is 8.93. The highest BCUT2D eigenvalue weighted by Crippen LogP contribution is 2.48.